The van der Waals surface area contributed by atoms with Crippen molar-refractivity contribution in [3.05, 3.63) is 42.0 Å². The maximum atomic E-state index is 11.4. The van der Waals surface area contributed by atoms with Crippen LogP contribution in [0.3, 0.4) is 0 Å². The largest absolute Gasteiger partial charge is 0.490 e. The third-order valence-corrected chi connectivity index (χ3v) is 7.49. The van der Waals surface area contributed by atoms with Gasteiger partial charge in [-0.1, -0.05) is 45.9 Å². The Morgan fingerprint density at radius 1 is 1.03 bits per heavy atom. The van der Waals surface area contributed by atoms with E-state index < -0.39 is 5.97 Å². The van der Waals surface area contributed by atoms with Crippen molar-refractivity contribution in [1.82, 2.24) is 4.90 Å². The lowest BCUT2D eigenvalue weighted by atomic mass is 9.72. The van der Waals surface area contributed by atoms with Gasteiger partial charge in [0.05, 0.1) is 12.0 Å². The van der Waals surface area contributed by atoms with Crippen molar-refractivity contribution in [3.63, 3.8) is 0 Å². The Bertz CT molecular complexity index is 924. The van der Waals surface area contributed by atoms with Gasteiger partial charge in [0, 0.05) is 19.6 Å². The van der Waals surface area contributed by atoms with E-state index in [4.69, 9.17) is 4.74 Å². The molecule has 168 valence electrons. The van der Waals surface area contributed by atoms with Crippen LogP contribution in [0.15, 0.2) is 36.4 Å². The highest BCUT2D eigenvalue weighted by molar-refractivity contribution is 5.84. The molecule has 0 amide bonds. The van der Waals surface area contributed by atoms with E-state index in [9.17, 15) is 9.90 Å². The van der Waals surface area contributed by atoms with Crippen LogP contribution in [0.25, 0.3) is 10.8 Å². The molecule has 31 heavy (non-hydrogen) atoms. The second-order valence-corrected chi connectivity index (χ2v) is 10.9. The number of benzene rings is 2. The molecule has 0 bridgehead atoms. The molecule has 2 unspecified atom stereocenters. The highest BCUT2D eigenvalue weighted by Gasteiger charge is 2.34. The van der Waals surface area contributed by atoms with Crippen molar-refractivity contribution in [3.8, 4) is 5.75 Å². The second-order valence-electron chi connectivity index (χ2n) is 10.9. The molecule has 1 aliphatic heterocycles. The zero-order valence-electron chi connectivity index (χ0n) is 19.4. The number of carboxylic acids is 1. The van der Waals surface area contributed by atoms with E-state index in [2.05, 4.69) is 62.1 Å². The first kappa shape index (κ1) is 22.1. The van der Waals surface area contributed by atoms with Crippen molar-refractivity contribution in [2.75, 3.05) is 13.1 Å². The maximum absolute atomic E-state index is 11.4. The minimum Gasteiger partial charge on any atom is -0.490 e. The van der Waals surface area contributed by atoms with Crippen molar-refractivity contribution < 1.29 is 14.6 Å². The third kappa shape index (κ3) is 5.23. The third-order valence-electron chi connectivity index (χ3n) is 7.49. The Morgan fingerprint density at radius 3 is 2.35 bits per heavy atom. The van der Waals surface area contributed by atoms with E-state index in [0.717, 1.165) is 37.6 Å². The Hall–Kier alpha value is -2.07. The van der Waals surface area contributed by atoms with E-state index in [-0.39, 0.29) is 11.8 Å². The molecule has 4 heteroatoms. The minimum atomic E-state index is -0.673. The average molecular weight is 424 g/mol. The summed E-state index contributed by atoms with van der Waals surface area (Å²) in [5.41, 5.74) is 1.63. The topological polar surface area (TPSA) is 49.8 Å². The van der Waals surface area contributed by atoms with Gasteiger partial charge in [0.15, 0.2) is 0 Å². The monoisotopic (exact) mass is 423 g/mol. The lowest BCUT2D eigenvalue weighted by molar-refractivity contribution is -0.142. The number of rotatable bonds is 5. The number of ether oxygens (including phenoxy) is 1. The molecular formula is C27H37NO3. The van der Waals surface area contributed by atoms with E-state index in [1.807, 2.05) is 6.92 Å². The minimum absolute atomic E-state index is 0.205. The second kappa shape index (κ2) is 8.82. The standard InChI is InChI=1S/C27H37NO3/c1-18-15-28(17-25(18)26(29)30)16-19-5-6-21-14-24(10-7-20(21)13-19)31-23-11-8-22(9-12-23)27(2,3)4/h5-7,10,13-14,18,22-23,25H,8-9,11-12,15-17H2,1-4H3,(H,29,30)/t18?,22-,23-,25?. The first-order valence-corrected chi connectivity index (χ1v) is 11.8. The first-order chi connectivity index (χ1) is 14.7. The molecule has 2 aliphatic rings. The van der Waals surface area contributed by atoms with Crippen LogP contribution >= 0.6 is 0 Å². The van der Waals surface area contributed by atoms with Gasteiger partial charge in [0.2, 0.25) is 0 Å². The molecule has 0 spiro atoms. The van der Waals surface area contributed by atoms with Crippen molar-refractivity contribution >= 4 is 16.7 Å². The van der Waals surface area contributed by atoms with Gasteiger partial charge in [-0.2, -0.15) is 0 Å². The molecule has 0 radical (unpaired) electrons. The van der Waals surface area contributed by atoms with Gasteiger partial charge in [-0.3, -0.25) is 9.69 Å². The predicted molar refractivity (Wildman–Crippen MR) is 125 cm³/mol. The molecule has 2 aromatic rings. The van der Waals surface area contributed by atoms with Gasteiger partial charge in [-0.15, -0.1) is 0 Å². The zero-order valence-corrected chi connectivity index (χ0v) is 19.4. The summed E-state index contributed by atoms with van der Waals surface area (Å²) < 4.78 is 6.34. The molecule has 1 saturated carbocycles. The summed E-state index contributed by atoms with van der Waals surface area (Å²) in [7, 11) is 0. The lowest BCUT2D eigenvalue weighted by Crippen LogP contribution is -2.30. The Labute approximate surface area is 186 Å². The van der Waals surface area contributed by atoms with Gasteiger partial charge in [0.1, 0.15) is 5.75 Å². The van der Waals surface area contributed by atoms with Crippen LogP contribution in [-0.2, 0) is 11.3 Å². The number of hydrogen-bond acceptors (Lipinski definition) is 3. The fourth-order valence-corrected chi connectivity index (χ4v) is 5.46. The highest BCUT2D eigenvalue weighted by Crippen LogP contribution is 2.39. The van der Waals surface area contributed by atoms with Gasteiger partial charge >= 0.3 is 5.97 Å². The molecule has 0 aromatic heterocycles. The summed E-state index contributed by atoms with van der Waals surface area (Å²) >= 11 is 0. The SMILES string of the molecule is CC1CN(Cc2ccc3cc(O[C@H]4CC[C@H](C(C)(C)C)CC4)ccc3c2)CC1C(=O)O. The van der Waals surface area contributed by atoms with Gasteiger partial charge < -0.3 is 9.84 Å². The highest BCUT2D eigenvalue weighted by atomic mass is 16.5. The van der Waals surface area contributed by atoms with E-state index >= 15 is 0 Å². The summed E-state index contributed by atoms with van der Waals surface area (Å²) in [5.74, 6) is 1.05. The number of nitrogens with zero attached hydrogens (tertiary/aromatic N) is 1. The van der Waals surface area contributed by atoms with Gasteiger partial charge in [0.25, 0.3) is 0 Å². The molecular weight excluding hydrogens is 386 g/mol. The summed E-state index contributed by atoms with van der Waals surface area (Å²) in [4.78, 5) is 13.6. The summed E-state index contributed by atoms with van der Waals surface area (Å²) in [5, 5.41) is 11.8. The van der Waals surface area contributed by atoms with Crippen molar-refractivity contribution in [2.24, 2.45) is 23.2 Å². The van der Waals surface area contributed by atoms with Crippen LogP contribution in [0.5, 0.6) is 5.75 Å². The van der Waals surface area contributed by atoms with Crippen LogP contribution in [-0.4, -0.2) is 35.2 Å². The molecule has 1 aliphatic carbocycles. The first-order valence-electron chi connectivity index (χ1n) is 11.8. The molecule has 4 rings (SSSR count). The van der Waals surface area contributed by atoms with Crippen LogP contribution in [0.2, 0.25) is 0 Å². The maximum Gasteiger partial charge on any atom is 0.308 e. The van der Waals surface area contributed by atoms with Crippen molar-refractivity contribution in [2.45, 2.75) is 66.0 Å². The molecule has 1 N–H and O–H groups in total. The fraction of sp³-hybridized carbons (Fsp3) is 0.593. The van der Waals surface area contributed by atoms with Crippen molar-refractivity contribution in [1.29, 1.82) is 0 Å². The molecule has 1 heterocycles. The van der Waals surface area contributed by atoms with Crippen LogP contribution in [0.4, 0.5) is 0 Å². The van der Waals surface area contributed by atoms with Crippen LogP contribution in [0.1, 0.15) is 58.9 Å². The number of carbonyl (C=O) groups is 1. The normalized spacial score (nSPS) is 27.5. The quantitative estimate of drug-likeness (QED) is 0.643. The summed E-state index contributed by atoms with van der Waals surface area (Å²) in [6.45, 7) is 11.4. The number of fused-ring (bicyclic) bond motifs is 1. The molecule has 4 nitrogen and oxygen atoms in total. The van der Waals surface area contributed by atoms with E-state index in [1.165, 1.54) is 29.2 Å². The zero-order chi connectivity index (χ0) is 22.2. The molecule has 2 fully saturated rings. The van der Waals surface area contributed by atoms with Crippen LogP contribution < -0.4 is 4.74 Å². The number of likely N-dealkylation sites (tertiary alicyclic amines) is 1. The lowest BCUT2D eigenvalue weighted by Gasteiger charge is -2.37. The Morgan fingerprint density at radius 2 is 1.71 bits per heavy atom. The number of hydrogen-bond donors (Lipinski definition) is 1. The number of aliphatic carboxylic acids is 1. The molecule has 1 saturated heterocycles. The molecule has 2 aromatic carbocycles. The predicted octanol–water partition coefficient (Wildman–Crippen LogP) is 5.98. The summed E-state index contributed by atoms with van der Waals surface area (Å²) in [6, 6.07) is 13.0. The molecule has 2 atom stereocenters. The van der Waals surface area contributed by atoms with Gasteiger partial charge in [-0.25, -0.2) is 0 Å². The smallest absolute Gasteiger partial charge is 0.308 e. The fourth-order valence-electron chi connectivity index (χ4n) is 5.46. The Kier molecular flexibility index (Phi) is 6.30. The van der Waals surface area contributed by atoms with E-state index in [1.54, 1.807) is 0 Å². The summed E-state index contributed by atoms with van der Waals surface area (Å²) in [6.07, 6.45) is 5.12. The van der Waals surface area contributed by atoms with E-state index in [0.29, 0.717) is 18.1 Å². The van der Waals surface area contributed by atoms with Gasteiger partial charge in [-0.05, 0) is 77.5 Å². The number of carboxylic acid groups (broad SMARTS) is 1. The average Bonchev–Trinajstić information content (AvgIpc) is 3.08. The van der Waals surface area contributed by atoms with Crippen LogP contribution in [0, 0.1) is 23.2 Å². The Balaban J connectivity index is 1.37.